The van der Waals surface area contributed by atoms with E-state index in [1.807, 2.05) is 36.5 Å². The molecule has 0 bridgehead atoms. The first-order chi connectivity index (χ1) is 19.7. The van der Waals surface area contributed by atoms with E-state index in [0.717, 1.165) is 22.7 Å². The molecule has 218 valence electrons. The SMILES string of the molecule is C=CCN1C(=O)[C@@]2(O[C@@H](CCn3cc(CCO)nn3)[C@H]([Si](C)(C)c3ccc(OC)cc3)[C@H]2C)c2cc(OC)ccc21. The van der Waals surface area contributed by atoms with E-state index in [9.17, 15) is 9.90 Å². The molecule has 1 N–H and O–H groups in total. The zero-order chi connectivity index (χ0) is 29.4. The van der Waals surface area contributed by atoms with E-state index in [2.05, 4.69) is 49.0 Å². The lowest BCUT2D eigenvalue weighted by molar-refractivity contribution is -0.145. The standard InChI is InChI=1S/C31H40N4O5Si/c1-7-16-35-27-13-10-24(39-4)19-26(27)31(30(35)37)21(2)29(41(5,6)25-11-8-23(38-3)9-12-25)28(40-31)14-17-34-20-22(15-18-36)32-33-34/h7-13,19-21,28-29,36H,1,14-18H2,2-6H3/t21-,28+,29-,31+/m1/s1. The van der Waals surface area contributed by atoms with E-state index in [-0.39, 0.29) is 30.1 Å². The van der Waals surface area contributed by atoms with E-state index in [4.69, 9.17) is 14.2 Å². The van der Waals surface area contributed by atoms with Crippen molar-refractivity contribution in [1.29, 1.82) is 0 Å². The summed E-state index contributed by atoms with van der Waals surface area (Å²) in [5, 5.41) is 19.0. The summed E-state index contributed by atoms with van der Waals surface area (Å²) in [6.07, 6.45) is 4.56. The van der Waals surface area contributed by atoms with Gasteiger partial charge < -0.3 is 24.2 Å². The quantitative estimate of drug-likeness (QED) is 0.275. The van der Waals surface area contributed by atoms with Crippen LogP contribution < -0.4 is 19.6 Å². The van der Waals surface area contributed by atoms with Crippen molar-refractivity contribution in [3.8, 4) is 11.5 Å². The highest BCUT2D eigenvalue weighted by atomic mass is 28.3. The van der Waals surface area contributed by atoms with E-state index >= 15 is 0 Å². The van der Waals surface area contributed by atoms with E-state index < -0.39 is 13.7 Å². The third kappa shape index (κ3) is 4.87. The lowest BCUT2D eigenvalue weighted by Crippen LogP contribution is -2.51. The molecule has 1 aromatic heterocycles. The van der Waals surface area contributed by atoms with Crippen LogP contribution in [-0.2, 0) is 28.1 Å². The Morgan fingerprint density at radius 3 is 2.51 bits per heavy atom. The first kappa shape index (κ1) is 29.0. The Hall–Kier alpha value is -3.47. The first-order valence-electron chi connectivity index (χ1n) is 14.1. The number of methoxy groups -OCH3 is 2. The summed E-state index contributed by atoms with van der Waals surface area (Å²) < 4.78 is 19.9. The number of nitrogens with zero attached hydrogens (tertiary/aromatic N) is 4. The van der Waals surface area contributed by atoms with Crippen molar-refractivity contribution in [2.45, 2.75) is 56.7 Å². The van der Waals surface area contributed by atoms with Crippen molar-refractivity contribution in [1.82, 2.24) is 15.0 Å². The van der Waals surface area contributed by atoms with Crippen molar-refractivity contribution in [2.75, 3.05) is 32.3 Å². The maximum absolute atomic E-state index is 14.4. The predicted molar refractivity (Wildman–Crippen MR) is 161 cm³/mol. The summed E-state index contributed by atoms with van der Waals surface area (Å²) in [5.74, 6) is 1.35. The molecule has 0 unspecified atom stereocenters. The highest BCUT2D eigenvalue weighted by Crippen LogP contribution is 2.60. The number of hydrogen-bond donors (Lipinski definition) is 1. The topological polar surface area (TPSA) is 98.9 Å². The second kappa shape index (κ2) is 11.4. The van der Waals surface area contributed by atoms with Gasteiger partial charge in [-0.2, -0.15) is 0 Å². The number of ether oxygens (including phenoxy) is 3. The van der Waals surface area contributed by atoms with Gasteiger partial charge in [0.25, 0.3) is 5.91 Å². The van der Waals surface area contributed by atoms with Gasteiger partial charge in [0.15, 0.2) is 5.60 Å². The molecule has 2 aromatic carbocycles. The highest BCUT2D eigenvalue weighted by molar-refractivity contribution is 6.91. The number of rotatable bonds is 11. The molecule has 3 aromatic rings. The van der Waals surface area contributed by atoms with Crippen LogP contribution >= 0.6 is 0 Å². The van der Waals surface area contributed by atoms with Crippen LogP contribution in [-0.4, -0.2) is 67.6 Å². The lowest BCUT2D eigenvalue weighted by Gasteiger charge is -2.37. The minimum absolute atomic E-state index is 0.0282. The molecule has 0 aliphatic carbocycles. The first-order valence-corrected chi connectivity index (χ1v) is 17.2. The van der Waals surface area contributed by atoms with Gasteiger partial charge in [-0.25, -0.2) is 0 Å². The van der Waals surface area contributed by atoms with E-state index in [1.54, 1.807) is 29.9 Å². The van der Waals surface area contributed by atoms with Crippen LogP contribution in [0.4, 0.5) is 5.69 Å². The summed E-state index contributed by atoms with van der Waals surface area (Å²) in [4.78, 5) is 16.2. The molecule has 1 saturated heterocycles. The number of hydrogen-bond acceptors (Lipinski definition) is 7. The van der Waals surface area contributed by atoms with Crippen LogP contribution in [0.5, 0.6) is 11.5 Å². The smallest absolute Gasteiger partial charge is 0.264 e. The minimum Gasteiger partial charge on any atom is -0.497 e. The van der Waals surface area contributed by atoms with Crippen molar-refractivity contribution < 1.29 is 24.1 Å². The maximum Gasteiger partial charge on any atom is 0.264 e. The maximum atomic E-state index is 14.4. The molecule has 2 aliphatic rings. The summed E-state index contributed by atoms with van der Waals surface area (Å²) >= 11 is 0. The largest absolute Gasteiger partial charge is 0.497 e. The monoisotopic (exact) mass is 576 g/mol. The minimum atomic E-state index is -2.24. The zero-order valence-corrected chi connectivity index (χ0v) is 25.5. The average molecular weight is 577 g/mol. The fourth-order valence-electron chi connectivity index (χ4n) is 6.94. The fourth-order valence-corrected chi connectivity index (χ4v) is 11.0. The van der Waals surface area contributed by atoms with Gasteiger partial charge in [0.1, 0.15) is 11.5 Å². The average Bonchev–Trinajstić information content (AvgIpc) is 3.62. The van der Waals surface area contributed by atoms with Crippen LogP contribution in [0, 0.1) is 5.92 Å². The second-order valence-corrected chi connectivity index (χ2v) is 16.2. The molecular formula is C31H40N4O5Si. The van der Waals surface area contributed by atoms with Gasteiger partial charge in [0.2, 0.25) is 0 Å². The summed E-state index contributed by atoms with van der Waals surface area (Å²) in [6.45, 7) is 11.8. The Balaban J connectivity index is 1.58. The number of amides is 1. The van der Waals surface area contributed by atoms with Crippen LogP contribution in [0.15, 0.2) is 61.3 Å². The number of aromatic nitrogens is 3. The Bertz CT molecular complexity index is 1410. The molecule has 1 spiro atoms. The number of carbonyl (C=O) groups is 1. The molecule has 0 radical (unpaired) electrons. The Morgan fingerprint density at radius 1 is 1.15 bits per heavy atom. The summed E-state index contributed by atoms with van der Waals surface area (Å²) in [6, 6.07) is 14.2. The van der Waals surface area contributed by atoms with Crippen LogP contribution in [0.1, 0.15) is 24.6 Å². The Morgan fingerprint density at radius 2 is 1.85 bits per heavy atom. The van der Waals surface area contributed by atoms with E-state index in [0.29, 0.717) is 31.7 Å². The number of carbonyl (C=O) groups excluding carboxylic acids is 1. The normalized spacial score (nSPS) is 23.7. The summed E-state index contributed by atoms with van der Waals surface area (Å²) in [7, 11) is 1.07. The van der Waals surface area contributed by atoms with Crippen LogP contribution in [0.3, 0.4) is 0 Å². The van der Waals surface area contributed by atoms with Gasteiger partial charge in [0.05, 0.1) is 39.8 Å². The van der Waals surface area contributed by atoms with Gasteiger partial charge in [-0.15, -0.1) is 11.7 Å². The molecule has 10 heteroatoms. The van der Waals surface area contributed by atoms with E-state index in [1.165, 1.54) is 5.19 Å². The molecule has 9 nitrogen and oxygen atoms in total. The third-order valence-corrected chi connectivity index (χ3v) is 13.3. The fraction of sp³-hybridized carbons (Fsp3) is 0.452. The van der Waals surface area contributed by atoms with Crippen molar-refractivity contribution in [3.63, 3.8) is 0 Å². The highest BCUT2D eigenvalue weighted by Gasteiger charge is 2.66. The van der Waals surface area contributed by atoms with Gasteiger partial charge in [-0.3, -0.25) is 9.48 Å². The molecule has 1 amide bonds. The molecule has 3 heterocycles. The number of aryl methyl sites for hydroxylation is 1. The third-order valence-electron chi connectivity index (χ3n) is 8.95. The number of anilines is 1. The number of fused-ring (bicyclic) bond motifs is 2. The van der Waals surface area contributed by atoms with Crippen LogP contribution in [0.25, 0.3) is 0 Å². The van der Waals surface area contributed by atoms with Gasteiger partial charge in [0, 0.05) is 43.8 Å². The molecule has 5 rings (SSSR count). The van der Waals surface area contributed by atoms with Crippen molar-refractivity contribution in [2.24, 2.45) is 5.92 Å². The predicted octanol–water partition coefficient (Wildman–Crippen LogP) is 3.67. The summed E-state index contributed by atoms with van der Waals surface area (Å²) in [5.41, 5.74) is 1.43. The zero-order valence-electron chi connectivity index (χ0n) is 24.5. The van der Waals surface area contributed by atoms with Gasteiger partial charge >= 0.3 is 0 Å². The molecule has 4 atom stereocenters. The second-order valence-electron chi connectivity index (χ2n) is 11.5. The number of aliphatic hydroxyl groups is 1. The Labute approximate surface area is 242 Å². The van der Waals surface area contributed by atoms with Gasteiger partial charge in [-0.1, -0.05) is 48.6 Å². The Kier molecular flexibility index (Phi) is 8.09. The van der Waals surface area contributed by atoms with Gasteiger partial charge in [-0.05, 0) is 42.3 Å². The number of benzene rings is 2. The molecule has 41 heavy (non-hydrogen) atoms. The lowest BCUT2D eigenvalue weighted by atomic mass is 9.82. The van der Waals surface area contributed by atoms with Crippen molar-refractivity contribution >= 4 is 24.9 Å². The molecule has 0 saturated carbocycles. The number of aliphatic hydroxyl groups excluding tert-OH is 1. The molecular weight excluding hydrogens is 536 g/mol. The van der Waals surface area contributed by atoms with Crippen LogP contribution in [0.2, 0.25) is 18.6 Å². The van der Waals surface area contributed by atoms with Crippen molar-refractivity contribution in [3.05, 3.63) is 72.6 Å². The molecule has 1 fully saturated rings. The molecule has 2 aliphatic heterocycles.